The van der Waals surface area contributed by atoms with Gasteiger partial charge in [-0.3, -0.25) is 18.7 Å². The highest BCUT2D eigenvalue weighted by Gasteiger charge is 2.35. The molecule has 138 valence electrons. The van der Waals surface area contributed by atoms with Crippen molar-refractivity contribution in [2.45, 2.75) is 37.6 Å². The van der Waals surface area contributed by atoms with Gasteiger partial charge in [-0.2, -0.15) is 0 Å². The van der Waals surface area contributed by atoms with E-state index in [9.17, 15) is 14.4 Å². The Morgan fingerprint density at radius 3 is 2.46 bits per heavy atom. The van der Waals surface area contributed by atoms with Gasteiger partial charge in [0.2, 0.25) is 5.91 Å². The molecule has 6 nitrogen and oxygen atoms in total. The number of carbonyl (C=O) groups is 1. The highest BCUT2D eigenvalue weighted by atomic mass is 35.5. The molecule has 2 aromatic rings. The van der Waals surface area contributed by atoms with Gasteiger partial charge in [-0.15, -0.1) is 0 Å². The van der Waals surface area contributed by atoms with Gasteiger partial charge >= 0.3 is 5.69 Å². The second-order valence-electron chi connectivity index (χ2n) is 6.89. The Morgan fingerprint density at radius 1 is 1.15 bits per heavy atom. The van der Waals surface area contributed by atoms with Gasteiger partial charge in [0, 0.05) is 36.3 Å². The van der Waals surface area contributed by atoms with Gasteiger partial charge in [0.05, 0.1) is 0 Å². The fourth-order valence-electron chi connectivity index (χ4n) is 3.64. The van der Waals surface area contributed by atoms with Crippen molar-refractivity contribution in [1.29, 1.82) is 0 Å². The first-order valence-electron chi connectivity index (χ1n) is 8.70. The largest absolute Gasteiger partial charge is 0.354 e. The van der Waals surface area contributed by atoms with Gasteiger partial charge < -0.3 is 5.32 Å². The maximum atomic E-state index is 12.4. The second-order valence-corrected chi connectivity index (χ2v) is 7.33. The molecule has 0 aliphatic heterocycles. The van der Waals surface area contributed by atoms with Crippen molar-refractivity contribution >= 4 is 17.5 Å². The van der Waals surface area contributed by atoms with Crippen molar-refractivity contribution < 1.29 is 4.79 Å². The van der Waals surface area contributed by atoms with Crippen LogP contribution < -0.4 is 16.6 Å². The fraction of sp³-hybridized carbons (Fsp3) is 0.421. The van der Waals surface area contributed by atoms with E-state index in [1.54, 1.807) is 0 Å². The lowest BCUT2D eigenvalue weighted by Crippen LogP contribution is -2.43. The molecule has 0 spiro atoms. The van der Waals surface area contributed by atoms with Gasteiger partial charge in [0.15, 0.2) is 0 Å². The molecule has 1 heterocycles. The Balaban J connectivity index is 1.71. The van der Waals surface area contributed by atoms with Gasteiger partial charge in [-0.1, -0.05) is 36.6 Å². The predicted molar refractivity (Wildman–Crippen MR) is 101 cm³/mol. The van der Waals surface area contributed by atoms with E-state index >= 15 is 0 Å². The number of hydrogen-bond acceptors (Lipinski definition) is 3. The predicted octanol–water partition coefficient (Wildman–Crippen LogP) is 1.83. The number of hydrogen-bond donors (Lipinski definition) is 1. The van der Waals surface area contributed by atoms with E-state index in [0.29, 0.717) is 11.6 Å². The number of nitrogens with zero attached hydrogens (tertiary/aromatic N) is 2. The molecule has 0 radical (unpaired) electrons. The quantitative estimate of drug-likeness (QED) is 0.866. The summed E-state index contributed by atoms with van der Waals surface area (Å²) in [7, 11) is 1.40. The Bertz CT molecular complexity index is 909. The van der Waals surface area contributed by atoms with Crippen LogP contribution in [0.1, 0.15) is 31.2 Å². The SMILES string of the molecule is Cn1c(=O)ccn(CC(=O)NCC2(c3ccc(Cl)cc3)CCCC2)c1=O. The lowest BCUT2D eigenvalue weighted by Gasteiger charge is -2.30. The van der Waals surface area contributed by atoms with E-state index in [1.807, 2.05) is 24.3 Å². The summed E-state index contributed by atoms with van der Waals surface area (Å²) in [5.74, 6) is -0.244. The van der Waals surface area contributed by atoms with E-state index < -0.39 is 5.69 Å². The van der Waals surface area contributed by atoms with Crippen molar-refractivity contribution in [3.63, 3.8) is 0 Å². The molecular formula is C19H22ClN3O3. The van der Waals surface area contributed by atoms with Gasteiger partial charge in [0.25, 0.3) is 5.56 Å². The van der Waals surface area contributed by atoms with Crippen LogP contribution in [0.25, 0.3) is 0 Å². The third kappa shape index (κ3) is 3.75. The second kappa shape index (κ2) is 7.50. The van der Waals surface area contributed by atoms with Crippen LogP contribution in [-0.2, 0) is 23.8 Å². The van der Waals surface area contributed by atoms with Crippen LogP contribution in [0.2, 0.25) is 5.02 Å². The first-order chi connectivity index (χ1) is 12.4. The van der Waals surface area contributed by atoms with E-state index in [-0.39, 0.29) is 23.4 Å². The molecule has 26 heavy (non-hydrogen) atoms. The molecule has 0 bridgehead atoms. The smallest absolute Gasteiger partial charge is 0.331 e. The molecule has 0 saturated heterocycles. The Kier molecular flexibility index (Phi) is 5.32. The number of amides is 1. The number of rotatable bonds is 5. The Labute approximate surface area is 156 Å². The maximum Gasteiger partial charge on any atom is 0.331 e. The highest BCUT2D eigenvalue weighted by molar-refractivity contribution is 6.30. The molecule has 1 saturated carbocycles. The van der Waals surface area contributed by atoms with Crippen LogP contribution in [0.15, 0.2) is 46.1 Å². The molecule has 3 rings (SSSR count). The summed E-state index contributed by atoms with van der Waals surface area (Å²) in [5.41, 5.74) is 0.202. The minimum atomic E-state index is -0.499. The zero-order valence-electron chi connectivity index (χ0n) is 14.7. The third-order valence-corrected chi connectivity index (χ3v) is 5.47. The number of benzene rings is 1. The minimum absolute atomic E-state index is 0.0885. The van der Waals surface area contributed by atoms with E-state index in [1.165, 1.54) is 29.4 Å². The van der Waals surface area contributed by atoms with Crippen LogP contribution in [0.3, 0.4) is 0 Å². The number of carbonyl (C=O) groups excluding carboxylic acids is 1. The highest BCUT2D eigenvalue weighted by Crippen LogP contribution is 2.40. The molecule has 1 amide bonds. The zero-order chi connectivity index (χ0) is 18.7. The first-order valence-corrected chi connectivity index (χ1v) is 9.08. The summed E-state index contributed by atoms with van der Waals surface area (Å²) < 4.78 is 2.22. The molecule has 1 fully saturated rings. The summed E-state index contributed by atoms with van der Waals surface area (Å²) >= 11 is 5.99. The van der Waals surface area contributed by atoms with Crippen LogP contribution >= 0.6 is 11.6 Å². The summed E-state index contributed by atoms with van der Waals surface area (Å²) in [4.78, 5) is 35.8. The fourth-order valence-corrected chi connectivity index (χ4v) is 3.76. The molecule has 7 heteroatoms. The van der Waals surface area contributed by atoms with Crippen LogP contribution in [0, 0.1) is 0 Å². The van der Waals surface area contributed by atoms with Gasteiger partial charge in [-0.25, -0.2) is 4.79 Å². The van der Waals surface area contributed by atoms with Crippen molar-refractivity contribution in [3.05, 3.63) is 68.0 Å². The zero-order valence-corrected chi connectivity index (χ0v) is 15.5. The average Bonchev–Trinajstić information content (AvgIpc) is 3.11. The third-order valence-electron chi connectivity index (χ3n) is 5.22. The van der Waals surface area contributed by atoms with Crippen molar-refractivity contribution in [2.75, 3.05) is 6.54 Å². The molecule has 1 aliphatic carbocycles. The molecular weight excluding hydrogens is 354 g/mol. The standard InChI is InChI=1S/C19H22ClN3O3/c1-22-17(25)8-11-23(18(22)26)12-16(24)21-13-19(9-2-3-10-19)14-4-6-15(20)7-5-14/h4-8,11H,2-3,9-10,12-13H2,1H3,(H,21,24). The number of aromatic nitrogens is 2. The summed E-state index contributed by atoms with van der Waals surface area (Å²) in [6.45, 7) is 0.414. The van der Waals surface area contributed by atoms with E-state index in [2.05, 4.69) is 5.32 Å². The van der Waals surface area contributed by atoms with Crippen LogP contribution in [-0.4, -0.2) is 21.6 Å². The summed E-state index contributed by atoms with van der Waals surface area (Å²) in [6.07, 6.45) is 5.62. The Hall–Kier alpha value is -2.34. The first kappa shape index (κ1) is 18.5. The molecule has 1 aromatic heterocycles. The monoisotopic (exact) mass is 375 g/mol. The average molecular weight is 376 g/mol. The van der Waals surface area contributed by atoms with Gasteiger partial charge in [0.1, 0.15) is 6.54 Å². The Morgan fingerprint density at radius 2 is 1.81 bits per heavy atom. The number of halogens is 1. The molecule has 0 unspecified atom stereocenters. The van der Waals surface area contributed by atoms with Crippen LogP contribution in [0.4, 0.5) is 0 Å². The van der Waals surface area contributed by atoms with Gasteiger partial charge in [-0.05, 0) is 30.5 Å². The maximum absolute atomic E-state index is 12.4. The summed E-state index contributed by atoms with van der Waals surface area (Å²) in [5, 5.41) is 3.66. The van der Waals surface area contributed by atoms with E-state index in [4.69, 9.17) is 11.6 Å². The topological polar surface area (TPSA) is 73.1 Å². The van der Waals surface area contributed by atoms with E-state index in [0.717, 1.165) is 30.3 Å². The van der Waals surface area contributed by atoms with Crippen LogP contribution in [0.5, 0.6) is 0 Å². The van der Waals surface area contributed by atoms with Crippen molar-refractivity contribution in [1.82, 2.24) is 14.5 Å². The molecule has 1 aliphatic rings. The lowest BCUT2D eigenvalue weighted by molar-refractivity contribution is -0.122. The van der Waals surface area contributed by atoms with Crippen molar-refractivity contribution in [3.8, 4) is 0 Å². The number of nitrogens with one attached hydrogen (secondary N) is 1. The normalized spacial score (nSPS) is 15.8. The minimum Gasteiger partial charge on any atom is -0.354 e. The molecule has 1 N–H and O–H groups in total. The lowest BCUT2D eigenvalue weighted by atomic mass is 9.79. The molecule has 1 aromatic carbocycles. The summed E-state index contributed by atoms with van der Waals surface area (Å²) in [6, 6.07) is 9.08. The molecule has 0 atom stereocenters. The van der Waals surface area contributed by atoms with Crippen molar-refractivity contribution in [2.24, 2.45) is 7.05 Å².